The summed E-state index contributed by atoms with van der Waals surface area (Å²) in [6.07, 6.45) is 0. The van der Waals surface area contributed by atoms with Crippen molar-refractivity contribution in [2.45, 2.75) is 0 Å². The lowest BCUT2D eigenvalue weighted by molar-refractivity contribution is 1.19. The van der Waals surface area contributed by atoms with Crippen molar-refractivity contribution in [3.63, 3.8) is 0 Å². The molecule has 2 heterocycles. The molecule has 0 spiro atoms. The molecule has 0 saturated heterocycles. The molecule has 0 amide bonds. The summed E-state index contributed by atoms with van der Waals surface area (Å²) in [7, 11) is 0. The Labute approximate surface area is 235 Å². The molecule has 0 unspecified atom stereocenters. The van der Waals surface area contributed by atoms with E-state index in [0.29, 0.717) is 0 Å². The summed E-state index contributed by atoms with van der Waals surface area (Å²) in [4.78, 5) is 0. The highest BCUT2D eigenvalue weighted by Gasteiger charge is 2.22. The van der Waals surface area contributed by atoms with Crippen molar-refractivity contribution < 1.29 is 0 Å². The Bertz CT molecular complexity index is 2420. The van der Waals surface area contributed by atoms with Crippen LogP contribution in [-0.4, -0.2) is 4.57 Å². The fraction of sp³-hybridized carbons (Fsp3) is 0. The van der Waals surface area contributed by atoms with E-state index in [1.165, 1.54) is 80.3 Å². The van der Waals surface area contributed by atoms with Crippen LogP contribution in [0.1, 0.15) is 0 Å². The molecule has 0 radical (unpaired) electrons. The molecule has 9 aromatic rings. The number of thiophene rings is 1. The van der Waals surface area contributed by atoms with Gasteiger partial charge in [-0.1, -0.05) is 115 Å². The number of aromatic nitrogens is 1. The average molecular weight is 526 g/mol. The van der Waals surface area contributed by atoms with Gasteiger partial charge in [-0.25, -0.2) is 0 Å². The predicted octanol–water partition coefficient (Wildman–Crippen LogP) is 11.1. The van der Waals surface area contributed by atoms with Gasteiger partial charge in [-0.15, -0.1) is 11.3 Å². The number of hydrogen-bond acceptors (Lipinski definition) is 1. The molecule has 7 aromatic carbocycles. The summed E-state index contributed by atoms with van der Waals surface area (Å²) >= 11 is 1.92. The first kappa shape index (κ1) is 22.0. The van der Waals surface area contributed by atoms with Crippen molar-refractivity contribution in [2.24, 2.45) is 0 Å². The van der Waals surface area contributed by atoms with Gasteiger partial charge < -0.3 is 4.57 Å². The first-order chi connectivity index (χ1) is 19.9. The van der Waals surface area contributed by atoms with Gasteiger partial charge in [0.05, 0.1) is 15.7 Å². The van der Waals surface area contributed by atoms with E-state index in [9.17, 15) is 0 Å². The number of nitrogens with zero attached hydrogens (tertiary/aromatic N) is 1. The van der Waals surface area contributed by atoms with E-state index in [4.69, 9.17) is 0 Å². The molecule has 40 heavy (non-hydrogen) atoms. The van der Waals surface area contributed by atoms with E-state index >= 15 is 0 Å². The molecule has 0 saturated carbocycles. The van der Waals surface area contributed by atoms with E-state index in [-0.39, 0.29) is 0 Å². The Hall–Kier alpha value is -4.92. The molecule has 9 rings (SSSR count). The maximum Gasteiger partial charge on any atom is 0.0726 e. The van der Waals surface area contributed by atoms with Crippen LogP contribution in [0.25, 0.3) is 80.3 Å². The molecule has 1 nitrogen and oxygen atoms in total. The van der Waals surface area contributed by atoms with Gasteiger partial charge in [0.2, 0.25) is 0 Å². The highest BCUT2D eigenvalue weighted by molar-refractivity contribution is 7.27. The topological polar surface area (TPSA) is 4.93 Å². The van der Waals surface area contributed by atoms with Gasteiger partial charge in [0.25, 0.3) is 0 Å². The minimum Gasteiger partial charge on any atom is -0.308 e. The highest BCUT2D eigenvalue weighted by atomic mass is 32.1. The third-order valence-electron chi connectivity index (χ3n) is 8.35. The van der Waals surface area contributed by atoms with Gasteiger partial charge in [-0.05, 0) is 56.9 Å². The van der Waals surface area contributed by atoms with Crippen LogP contribution in [0.2, 0.25) is 0 Å². The molecule has 0 N–H and O–H groups in total. The van der Waals surface area contributed by atoms with Crippen LogP contribution < -0.4 is 0 Å². The van der Waals surface area contributed by atoms with Gasteiger partial charge in [0.1, 0.15) is 0 Å². The summed E-state index contributed by atoms with van der Waals surface area (Å²) in [5, 5.41) is 10.6. The van der Waals surface area contributed by atoms with Gasteiger partial charge in [-0.2, -0.15) is 0 Å². The van der Waals surface area contributed by atoms with Gasteiger partial charge >= 0.3 is 0 Å². The second-order valence-electron chi connectivity index (χ2n) is 10.5. The van der Waals surface area contributed by atoms with Crippen LogP contribution in [0.4, 0.5) is 0 Å². The third kappa shape index (κ3) is 2.97. The van der Waals surface area contributed by atoms with E-state index in [1.54, 1.807) is 0 Å². The predicted molar refractivity (Wildman–Crippen MR) is 174 cm³/mol. The summed E-state index contributed by atoms with van der Waals surface area (Å²) in [5.41, 5.74) is 6.18. The minimum absolute atomic E-state index is 1.19. The molecule has 0 aliphatic rings. The Morgan fingerprint density at radius 3 is 2.08 bits per heavy atom. The van der Waals surface area contributed by atoms with Gasteiger partial charge in [0.15, 0.2) is 0 Å². The number of rotatable bonds is 2. The standard InChI is InChI=1S/C38H23NS/c1-2-11-24(12-3-1)26-14-10-15-27(23-26)39-32-19-8-6-17-29(32)35-31-22-21-25-13-4-5-16-28(25)34(31)36-30-18-7-9-20-33(30)40-38(36)37(35)39/h1-23H. The maximum atomic E-state index is 2.50. The Kier molecular flexibility index (Phi) is 4.55. The van der Waals surface area contributed by atoms with Crippen molar-refractivity contribution in [3.8, 4) is 16.8 Å². The monoisotopic (exact) mass is 525 g/mol. The van der Waals surface area contributed by atoms with E-state index < -0.39 is 0 Å². The van der Waals surface area contributed by atoms with Crippen molar-refractivity contribution in [2.75, 3.05) is 0 Å². The number of benzene rings is 7. The fourth-order valence-electron chi connectivity index (χ4n) is 6.66. The maximum absolute atomic E-state index is 2.50. The summed E-state index contributed by atoms with van der Waals surface area (Å²) < 4.78 is 5.18. The highest BCUT2D eigenvalue weighted by Crippen LogP contribution is 2.49. The lowest BCUT2D eigenvalue weighted by atomic mass is 9.94. The molecule has 0 aliphatic carbocycles. The minimum atomic E-state index is 1.19. The fourth-order valence-corrected chi connectivity index (χ4v) is 7.91. The van der Waals surface area contributed by atoms with Gasteiger partial charge in [0, 0.05) is 31.9 Å². The number of fused-ring (bicyclic) bond motifs is 12. The third-order valence-corrected chi connectivity index (χ3v) is 9.52. The lowest BCUT2D eigenvalue weighted by Gasteiger charge is -2.13. The lowest BCUT2D eigenvalue weighted by Crippen LogP contribution is -1.95. The SMILES string of the molecule is c1ccc(-c2cccc(-n3c4ccccc4c4c5ccc6ccccc6c5c5c6ccccc6sc5c43)c2)cc1. The molecule has 0 bridgehead atoms. The Balaban J connectivity index is 1.55. The molecule has 2 heteroatoms. The zero-order chi connectivity index (χ0) is 26.2. The second-order valence-corrected chi connectivity index (χ2v) is 11.6. The van der Waals surface area contributed by atoms with Crippen LogP contribution in [0.15, 0.2) is 140 Å². The molecule has 0 aliphatic heterocycles. The van der Waals surface area contributed by atoms with E-state index in [2.05, 4.69) is 144 Å². The van der Waals surface area contributed by atoms with E-state index in [0.717, 1.165) is 0 Å². The molecule has 0 fully saturated rings. The summed E-state index contributed by atoms with van der Waals surface area (Å²) in [6.45, 7) is 0. The molecular weight excluding hydrogens is 502 g/mol. The summed E-state index contributed by atoms with van der Waals surface area (Å²) in [5.74, 6) is 0. The largest absolute Gasteiger partial charge is 0.308 e. The van der Waals surface area contributed by atoms with Crippen molar-refractivity contribution >= 4 is 74.9 Å². The first-order valence-electron chi connectivity index (χ1n) is 13.7. The smallest absolute Gasteiger partial charge is 0.0726 e. The van der Waals surface area contributed by atoms with E-state index in [1.807, 2.05) is 11.3 Å². The van der Waals surface area contributed by atoms with Crippen LogP contribution in [0, 0.1) is 0 Å². The average Bonchev–Trinajstić information content (AvgIpc) is 3.58. The first-order valence-corrected chi connectivity index (χ1v) is 14.5. The van der Waals surface area contributed by atoms with Crippen molar-refractivity contribution in [3.05, 3.63) is 140 Å². The molecule has 186 valence electrons. The Morgan fingerprint density at radius 2 is 1.18 bits per heavy atom. The summed E-state index contributed by atoms with van der Waals surface area (Å²) in [6, 6.07) is 51.0. The van der Waals surface area contributed by atoms with Crippen LogP contribution in [-0.2, 0) is 0 Å². The van der Waals surface area contributed by atoms with Crippen molar-refractivity contribution in [1.82, 2.24) is 4.57 Å². The molecule has 2 aromatic heterocycles. The normalized spacial score (nSPS) is 12.0. The number of hydrogen-bond donors (Lipinski definition) is 0. The second kappa shape index (κ2) is 8.29. The number of para-hydroxylation sites is 1. The van der Waals surface area contributed by atoms with Crippen LogP contribution >= 0.6 is 11.3 Å². The zero-order valence-electron chi connectivity index (χ0n) is 21.6. The van der Waals surface area contributed by atoms with Gasteiger partial charge in [-0.3, -0.25) is 0 Å². The quantitative estimate of drug-likeness (QED) is 0.198. The van der Waals surface area contributed by atoms with Crippen molar-refractivity contribution in [1.29, 1.82) is 0 Å². The molecular formula is C38H23NS. The van der Waals surface area contributed by atoms with Crippen LogP contribution in [0.3, 0.4) is 0 Å². The van der Waals surface area contributed by atoms with Crippen LogP contribution in [0.5, 0.6) is 0 Å². The zero-order valence-corrected chi connectivity index (χ0v) is 22.5. The Morgan fingerprint density at radius 1 is 0.450 bits per heavy atom. The molecule has 0 atom stereocenters.